The monoisotopic (exact) mass is 244 g/mol. The number of aliphatic hydroxyl groups is 3. The summed E-state index contributed by atoms with van der Waals surface area (Å²) in [5.41, 5.74) is 4.46. The van der Waals surface area contributed by atoms with Gasteiger partial charge in [0.15, 0.2) is 6.23 Å². The third-order valence-corrected chi connectivity index (χ3v) is 2.49. The van der Waals surface area contributed by atoms with Crippen molar-refractivity contribution in [3.63, 3.8) is 0 Å². The first-order valence-electron chi connectivity index (χ1n) is 4.88. The van der Waals surface area contributed by atoms with Crippen molar-refractivity contribution in [2.75, 3.05) is 12.3 Å². The molecule has 9 nitrogen and oxygen atoms in total. The van der Waals surface area contributed by atoms with E-state index in [2.05, 4.69) is 10.1 Å². The van der Waals surface area contributed by atoms with Gasteiger partial charge in [-0.3, -0.25) is 0 Å². The van der Waals surface area contributed by atoms with Crippen molar-refractivity contribution in [2.24, 2.45) is 0 Å². The first-order valence-corrected chi connectivity index (χ1v) is 4.88. The highest BCUT2D eigenvalue weighted by Crippen LogP contribution is 2.27. The van der Waals surface area contributed by atoms with E-state index in [4.69, 9.17) is 15.6 Å². The Morgan fingerprint density at radius 1 is 1.47 bits per heavy atom. The van der Waals surface area contributed by atoms with E-state index < -0.39 is 36.8 Å². The third kappa shape index (κ3) is 2.00. The number of hydrogen-bond acceptors (Lipinski definition) is 8. The van der Waals surface area contributed by atoms with Crippen molar-refractivity contribution >= 4 is 5.82 Å². The maximum atomic E-state index is 11.4. The van der Waals surface area contributed by atoms with Crippen molar-refractivity contribution in [2.45, 2.75) is 24.5 Å². The third-order valence-electron chi connectivity index (χ3n) is 2.49. The molecule has 0 aromatic carbocycles. The second-order valence-corrected chi connectivity index (χ2v) is 3.64. The Morgan fingerprint density at radius 2 is 2.18 bits per heavy atom. The van der Waals surface area contributed by atoms with Gasteiger partial charge in [-0.15, -0.1) is 0 Å². The largest absolute Gasteiger partial charge is 0.394 e. The molecule has 2 heterocycles. The van der Waals surface area contributed by atoms with Gasteiger partial charge in [-0.05, 0) is 0 Å². The normalized spacial score (nSPS) is 32.9. The molecule has 1 aromatic rings. The van der Waals surface area contributed by atoms with Gasteiger partial charge >= 0.3 is 5.69 Å². The highest BCUT2D eigenvalue weighted by atomic mass is 16.6. The summed E-state index contributed by atoms with van der Waals surface area (Å²) in [6.07, 6.45) is -3.71. The topological polar surface area (TPSA) is 144 Å². The van der Waals surface area contributed by atoms with Gasteiger partial charge in [-0.1, -0.05) is 0 Å². The van der Waals surface area contributed by atoms with Crippen molar-refractivity contribution in [3.05, 3.63) is 16.7 Å². The molecule has 0 radical (unpaired) electrons. The average molecular weight is 244 g/mol. The minimum Gasteiger partial charge on any atom is -0.394 e. The Balaban J connectivity index is 2.32. The zero-order valence-corrected chi connectivity index (χ0v) is 8.67. The van der Waals surface area contributed by atoms with Crippen LogP contribution in [0.25, 0.3) is 0 Å². The minimum absolute atomic E-state index is 0.0574. The summed E-state index contributed by atoms with van der Waals surface area (Å²) in [7, 11) is 0. The van der Waals surface area contributed by atoms with Crippen LogP contribution in [0.4, 0.5) is 5.82 Å². The van der Waals surface area contributed by atoms with E-state index >= 15 is 0 Å². The summed E-state index contributed by atoms with van der Waals surface area (Å²) in [6.45, 7) is -0.480. The van der Waals surface area contributed by atoms with E-state index in [0.717, 1.165) is 10.9 Å². The maximum absolute atomic E-state index is 11.4. The second-order valence-electron chi connectivity index (χ2n) is 3.64. The lowest BCUT2D eigenvalue weighted by Gasteiger charge is -2.15. The number of anilines is 1. The fourth-order valence-electron chi connectivity index (χ4n) is 1.62. The lowest BCUT2D eigenvalue weighted by molar-refractivity contribution is -0.0616. The van der Waals surface area contributed by atoms with Gasteiger partial charge in [0.05, 0.1) is 12.8 Å². The van der Waals surface area contributed by atoms with Gasteiger partial charge in [0, 0.05) is 0 Å². The summed E-state index contributed by atoms with van der Waals surface area (Å²) in [4.78, 5) is 14.9. The Labute approximate surface area is 95.1 Å². The molecule has 5 N–H and O–H groups in total. The lowest BCUT2D eigenvalue weighted by atomic mass is 10.1. The molecule has 2 rings (SSSR count). The van der Waals surface area contributed by atoms with Crippen LogP contribution in [-0.2, 0) is 4.74 Å². The molecule has 0 aliphatic carbocycles. The van der Waals surface area contributed by atoms with Gasteiger partial charge in [0.25, 0.3) is 0 Å². The fourth-order valence-corrected chi connectivity index (χ4v) is 1.62. The van der Waals surface area contributed by atoms with Crippen LogP contribution in [0.2, 0.25) is 0 Å². The van der Waals surface area contributed by atoms with Crippen molar-refractivity contribution in [1.82, 2.24) is 14.8 Å². The summed E-state index contributed by atoms with van der Waals surface area (Å²) < 4.78 is 5.88. The predicted molar refractivity (Wildman–Crippen MR) is 53.7 cm³/mol. The quantitative estimate of drug-likeness (QED) is 0.426. The van der Waals surface area contributed by atoms with Crippen LogP contribution in [0.15, 0.2) is 11.0 Å². The molecule has 0 bridgehead atoms. The molecule has 1 aliphatic heterocycles. The first-order chi connectivity index (χ1) is 8.04. The standard InChI is InChI=1S/C8H12N4O5/c9-4-1-10-12(8(16)11-4)7-6(15)5(14)3(2-13)17-7/h1,3,5-7,13-15H,2H2,(H2,9,11,16)/t3-,5+,6+,7-/m1/s1. The molecule has 1 saturated heterocycles. The molecular weight excluding hydrogens is 232 g/mol. The van der Waals surface area contributed by atoms with Crippen LogP contribution in [0.5, 0.6) is 0 Å². The van der Waals surface area contributed by atoms with Crippen LogP contribution in [-0.4, -0.2) is 55.0 Å². The number of nitrogens with two attached hydrogens (primary N) is 1. The second kappa shape index (κ2) is 4.37. The van der Waals surface area contributed by atoms with E-state index in [1.165, 1.54) is 0 Å². The van der Waals surface area contributed by atoms with Crippen LogP contribution < -0.4 is 11.4 Å². The predicted octanol–water partition coefficient (Wildman–Crippen LogP) is -3.17. The molecular formula is C8H12N4O5. The molecule has 0 saturated carbocycles. The van der Waals surface area contributed by atoms with E-state index in [1.54, 1.807) is 0 Å². The van der Waals surface area contributed by atoms with E-state index in [-0.39, 0.29) is 5.82 Å². The average Bonchev–Trinajstić information content (AvgIpc) is 2.57. The Kier molecular flexibility index (Phi) is 3.07. The smallest absolute Gasteiger partial charge is 0.368 e. The molecule has 0 spiro atoms. The number of nitrogens with zero attached hydrogens (tertiary/aromatic N) is 3. The molecule has 1 aromatic heterocycles. The SMILES string of the molecule is Nc1cnn([C@@H]2O[C@H](CO)[C@H](O)[C@@H]2O)c(=O)n1. The van der Waals surface area contributed by atoms with Crippen LogP contribution in [0.1, 0.15) is 6.23 Å². The van der Waals surface area contributed by atoms with Crippen molar-refractivity contribution < 1.29 is 20.1 Å². The summed E-state index contributed by atoms with van der Waals surface area (Å²) in [6, 6.07) is 0. The first kappa shape index (κ1) is 11.9. The Morgan fingerprint density at radius 3 is 2.71 bits per heavy atom. The molecule has 1 fully saturated rings. The van der Waals surface area contributed by atoms with Crippen LogP contribution in [0, 0.1) is 0 Å². The van der Waals surface area contributed by atoms with Gasteiger partial charge in [-0.25, -0.2) is 4.79 Å². The highest BCUT2D eigenvalue weighted by Gasteiger charge is 2.44. The number of hydrogen-bond donors (Lipinski definition) is 4. The number of rotatable bonds is 2. The fraction of sp³-hybridized carbons (Fsp3) is 0.625. The molecule has 9 heteroatoms. The van der Waals surface area contributed by atoms with Crippen LogP contribution >= 0.6 is 0 Å². The molecule has 17 heavy (non-hydrogen) atoms. The summed E-state index contributed by atoms with van der Waals surface area (Å²) >= 11 is 0. The zero-order chi connectivity index (χ0) is 12.6. The van der Waals surface area contributed by atoms with Crippen molar-refractivity contribution in [3.8, 4) is 0 Å². The zero-order valence-electron chi connectivity index (χ0n) is 8.67. The van der Waals surface area contributed by atoms with Gasteiger partial charge in [0.1, 0.15) is 24.1 Å². The number of aliphatic hydroxyl groups excluding tert-OH is 3. The minimum atomic E-state index is -1.37. The van der Waals surface area contributed by atoms with Crippen LogP contribution in [0.3, 0.4) is 0 Å². The summed E-state index contributed by atoms with van der Waals surface area (Å²) in [5.74, 6) is -0.0574. The van der Waals surface area contributed by atoms with Gasteiger partial charge in [-0.2, -0.15) is 14.8 Å². The number of aromatic nitrogens is 3. The molecule has 0 unspecified atom stereocenters. The lowest BCUT2D eigenvalue weighted by Crippen LogP contribution is -2.37. The van der Waals surface area contributed by atoms with Crippen molar-refractivity contribution in [1.29, 1.82) is 0 Å². The molecule has 1 aliphatic rings. The van der Waals surface area contributed by atoms with Gasteiger partial charge < -0.3 is 25.8 Å². The Bertz CT molecular complexity index is 463. The summed E-state index contributed by atoms with van der Waals surface area (Å²) in [5, 5.41) is 31.7. The van der Waals surface area contributed by atoms with Gasteiger partial charge in [0.2, 0.25) is 0 Å². The van der Waals surface area contributed by atoms with E-state index in [0.29, 0.717) is 0 Å². The highest BCUT2D eigenvalue weighted by molar-refractivity contribution is 5.19. The van der Waals surface area contributed by atoms with E-state index in [1.807, 2.05) is 0 Å². The molecule has 4 atom stereocenters. The molecule has 0 amide bonds. The number of ether oxygens (including phenoxy) is 1. The van der Waals surface area contributed by atoms with E-state index in [9.17, 15) is 15.0 Å². The Hall–Kier alpha value is -1.55. The maximum Gasteiger partial charge on any atom is 0.368 e. The number of nitrogen functional groups attached to an aromatic ring is 1. The molecule has 94 valence electrons.